The zero-order valence-corrected chi connectivity index (χ0v) is 15.9. The standard InChI is InChI=1S/C19H18BrClN2O2/c20-15-6-7-17(21)16(9-15)19(25)22-10-14-8-18(24)23(12-14)11-13-4-2-1-3-5-13/h1-7,9,14H,8,10-12H2,(H,22,25). The smallest absolute Gasteiger partial charge is 0.252 e. The maximum atomic E-state index is 12.3. The molecular formula is C19H18BrClN2O2. The molecule has 1 N–H and O–H groups in total. The van der Waals surface area contributed by atoms with Crippen molar-refractivity contribution in [1.82, 2.24) is 10.2 Å². The number of nitrogens with zero attached hydrogens (tertiary/aromatic N) is 1. The second kappa shape index (κ2) is 8.02. The Morgan fingerprint density at radius 2 is 2.00 bits per heavy atom. The molecule has 130 valence electrons. The number of hydrogen-bond acceptors (Lipinski definition) is 2. The molecular weight excluding hydrogens is 404 g/mol. The molecule has 1 fully saturated rings. The summed E-state index contributed by atoms with van der Waals surface area (Å²) in [6, 6.07) is 15.1. The van der Waals surface area contributed by atoms with E-state index in [2.05, 4.69) is 21.2 Å². The van der Waals surface area contributed by atoms with Gasteiger partial charge < -0.3 is 10.2 Å². The van der Waals surface area contributed by atoms with Gasteiger partial charge in [-0.15, -0.1) is 0 Å². The second-order valence-electron chi connectivity index (χ2n) is 6.16. The number of likely N-dealkylation sites (tertiary alicyclic amines) is 1. The molecule has 25 heavy (non-hydrogen) atoms. The molecule has 1 aliphatic heterocycles. The molecule has 2 aromatic rings. The van der Waals surface area contributed by atoms with Crippen molar-refractivity contribution in [3.63, 3.8) is 0 Å². The molecule has 0 bridgehead atoms. The van der Waals surface area contributed by atoms with Gasteiger partial charge in [-0.25, -0.2) is 0 Å². The maximum absolute atomic E-state index is 12.3. The highest BCUT2D eigenvalue weighted by molar-refractivity contribution is 9.10. The minimum Gasteiger partial charge on any atom is -0.352 e. The van der Waals surface area contributed by atoms with Gasteiger partial charge in [0.1, 0.15) is 0 Å². The van der Waals surface area contributed by atoms with Crippen molar-refractivity contribution in [3.8, 4) is 0 Å². The Bertz CT molecular complexity index is 782. The largest absolute Gasteiger partial charge is 0.352 e. The fourth-order valence-electron chi connectivity index (χ4n) is 2.95. The SMILES string of the molecule is O=C(NCC1CC(=O)N(Cc2ccccc2)C1)c1cc(Br)ccc1Cl. The lowest BCUT2D eigenvalue weighted by molar-refractivity contribution is -0.128. The molecule has 0 radical (unpaired) electrons. The molecule has 1 atom stereocenters. The molecule has 4 nitrogen and oxygen atoms in total. The van der Waals surface area contributed by atoms with E-state index in [0.29, 0.717) is 36.6 Å². The summed E-state index contributed by atoms with van der Waals surface area (Å²) in [5.41, 5.74) is 1.54. The van der Waals surface area contributed by atoms with Gasteiger partial charge in [-0.2, -0.15) is 0 Å². The average molecular weight is 422 g/mol. The Morgan fingerprint density at radius 1 is 1.24 bits per heavy atom. The number of amides is 2. The van der Waals surface area contributed by atoms with Crippen LogP contribution in [0.1, 0.15) is 22.3 Å². The molecule has 1 saturated heterocycles. The van der Waals surface area contributed by atoms with Crippen LogP contribution in [-0.2, 0) is 11.3 Å². The summed E-state index contributed by atoms with van der Waals surface area (Å²) in [6.45, 7) is 1.72. The van der Waals surface area contributed by atoms with Crippen molar-refractivity contribution >= 4 is 39.3 Å². The third kappa shape index (κ3) is 4.61. The monoisotopic (exact) mass is 420 g/mol. The summed E-state index contributed by atoms with van der Waals surface area (Å²) in [6.07, 6.45) is 0.458. The zero-order chi connectivity index (χ0) is 17.8. The molecule has 1 aliphatic rings. The van der Waals surface area contributed by atoms with Gasteiger partial charge in [0.05, 0.1) is 10.6 Å². The first-order valence-electron chi connectivity index (χ1n) is 8.08. The molecule has 2 aromatic carbocycles. The molecule has 0 aliphatic carbocycles. The number of carbonyl (C=O) groups is 2. The lowest BCUT2D eigenvalue weighted by Crippen LogP contribution is -2.31. The second-order valence-corrected chi connectivity index (χ2v) is 7.49. The fourth-order valence-corrected chi connectivity index (χ4v) is 3.52. The predicted octanol–water partition coefficient (Wildman–Crippen LogP) is 3.88. The van der Waals surface area contributed by atoms with E-state index in [1.165, 1.54) is 0 Å². The van der Waals surface area contributed by atoms with E-state index in [1.54, 1.807) is 18.2 Å². The minimum absolute atomic E-state index is 0.117. The fraction of sp³-hybridized carbons (Fsp3) is 0.263. The van der Waals surface area contributed by atoms with Gasteiger partial charge in [0.2, 0.25) is 5.91 Å². The van der Waals surface area contributed by atoms with Gasteiger partial charge >= 0.3 is 0 Å². The van der Waals surface area contributed by atoms with Gasteiger partial charge in [0, 0.05) is 36.4 Å². The van der Waals surface area contributed by atoms with Crippen molar-refractivity contribution in [2.24, 2.45) is 5.92 Å². The molecule has 0 saturated carbocycles. The van der Waals surface area contributed by atoms with E-state index < -0.39 is 0 Å². The van der Waals surface area contributed by atoms with Crippen molar-refractivity contribution in [2.75, 3.05) is 13.1 Å². The normalized spacial score (nSPS) is 17.0. The molecule has 2 amide bonds. The summed E-state index contributed by atoms with van der Waals surface area (Å²) in [4.78, 5) is 26.3. The highest BCUT2D eigenvalue weighted by Gasteiger charge is 2.29. The van der Waals surface area contributed by atoms with Gasteiger partial charge in [0.15, 0.2) is 0 Å². The van der Waals surface area contributed by atoms with Crippen LogP contribution in [0, 0.1) is 5.92 Å². The van der Waals surface area contributed by atoms with E-state index in [1.807, 2.05) is 35.2 Å². The van der Waals surface area contributed by atoms with Crippen LogP contribution in [0.15, 0.2) is 53.0 Å². The number of rotatable bonds is 5. The third-order valence-corrected chi connectivity index (χ3v) is 5.06. The lowest BCUT2D eigenvalue weighted by atomic mass is 10.1. The van der Waals surface area contributed by atoms with E-state index in [-0.39, 0.29) is 17.7 Å². The van der Waals surface area contributed by atoms with Crippen LogP contribution >= 0.6 is 27.5 Å². The van der Waals surface area contributed by atoms with Crippen molar-refractivity contribution in [3.05, 3.63) is 69.2 Å². The molecule has 6 heteroatoms. The van der Waals surface area contributed by atoms with E-state index in [9.17, 15) is 9.59 Å². The summed E-state index contributed by atoms with van der Waals surface area (Å²) < 4.78 is 0.798. The van der Waals surface area contributed by atoms with Crippen LogP contribution in [0.2, 0.25) is 5.02 Å². The van der Waals surface area contributed by atoms with Crippen LogP contribution in [0.3, 0.4) is 0 Å². The van der Waals surface area contributed by atoms with Crippen LogP contribution < -0.4 is 5.32 Å². The van der Waals surface area contributed by atoms with Crippen LogP contribution in [0.5, 0.6) is 0 Å². The Balaban J connectivity index is 1.55. The number of nitrogens with one attached hydrogen (secondary N) is 1. The van der Waals surface area contributed by atoms with Crippen molar-refractivity contribution in [1.29, 1.82) is 0 Å². The quantitative estimate of drug-likeness (QED) is 0.796. The van der Waals surface area contributed by atoms with Gasteiger partial charge in [-0.05, 0) is 23.8 Å². The van der Waals surface area contributed by atoms with E-state index in [4.69, 9.17) is 11.6 Å². The van der Waals surface area contributed by atoms with Crippen molar-refractivity contribution in [2.45, 2.75) is 13.0 Å². The Hall–Kier alpha value is -1.85. The molecule has 0 aromatic heterocycles. The average Bonchev–Trinajstić information content (AvgIpc) is 2.95. The molecule has 1 heterocycles. The summed E-state index contributed by atoms with van der Waals surface area (Å²) in [5, 5.41) is 3.30. The van der Waals surface area contributed by atoms with Gasteiger partial charge in [-0.1, -0.05) is 57.9 Å². The first-order chi connectivity index (χ1) is 12.0. The van der Waals surface area contributed by atoms with Gasteiger partial charge in [0.25, 0.3) is 5.91 Å². The van der Waals surface area contributed by atoms with Crippen LogP contribution in [0.25, 0.3) is 0 Å². The Morgan fingerprint density at radius 3 is 2.76 bits per heavy atom. The van der Waals surface area contributed by atoms with Crippen LogP contribution in [0.4, 0.5) is 0 Å². The first-order valence-corrected chi connectivity index (χ1v) is 9.25. The molecule has 1 unspecified atom stereocenters. The zero-order valence-electron chi connectivity index (χ0n) is 13.5. The number of carbonyl (C=O) groups excluding carboxylic acids is 2. The minimum atomic E-state index is -0.222. The van der Waals surface area contributed by atoms with E-state index in [0.717, 1.165) is 10.0 Å². The predicted molar refractivity (Wildman–Crippen MR) is 101 cm³/mol. The maximum Gasteiger partial charge on any atom is 0.252 e. The topological polar surface area (TPSA) is 49.4 Å². The van der Waals surface area contributed by atoms with E-state index >= 15 is 0 Å². The highest BCUT2D eigenvalue weighted by Crippen LogP contribution is 2.22. The number of halogens is 2. The van der Waals surface area contributed by atoms with Crippen molar-refractivity contribution < 1.29 is 9.59 Å². The van der Waals surface area contributed by atoms with Crippen LogP contribution in [-0.4, -0.2) is 29.8 Å². The Kier molecular flexibility index (Phi) is 5.76. The van der Waals surface area contributed by atoms with Gasteiger partial charge in [-0.3, -0.25) is 9.59 Å². The molecule has 0 spiro atoms. The summed E-state index contributed by atoms with van der Waals surface area (Å²) in [7, 11) is 0. The Labute approximate surface area is 160 Å². The highest BCUT2D eigenvalue weighted by atomic mass is 79.9. The lowest BCUT2D eigenvalue weighted by Gasteiger charge is -2.17. The molecule has 3 rings (SSSR count). The number of hydrogen-bond donors (Lipinski definition) is 1. The summed E-state index contributed by atoms with van der Waals surface area (Å²) >= 11 is 9.42. The summed E-state index contributed by atoms with van der Waals surface area (Å²) in [5.74, 6) is 0.0231. The first kappa shape index (κ1) is 18.0. The number of benzene rings is 2. The third-order valence-electron chi connectivity index (χ3n) is 4.24.